The Morgan fingerprint density at radius 3 is 2.54 bits per heavy atom. The number of fused-ring (bicyclic) bond motifs is 1. The van der Waals surface area contributed by atoms with Gasteiger partial charge in [-0.25, -0.2) is 9.59 Å². The first-order valence-corrected chi connectivity index (χ1v) is 8.64. The molecule has 146 valence electrons. The molecular formula is C17H26N2O7. The van der Waals surface area contributed by atoms with Crippen molar-refractivity contribution in [3.05, 3.63) is 11.3 Å². The first-order chi connectivity index (χ1) is 12.3. The molecule has 2 aliphatic heterocycles. The quantitative estimate of drug-likeness (QED) is 0.419. The lowest BCUT2D eigenvalue weighted by Crippen LogP contribution is -2.68. The van der Waals surface area contributed by atoms with Crippen molar-refractivity contribution in [1.29, 1.82) is 0 Å². The van der Waals surface area contributed by atoms with Gasteiger partial charge in [-0.2, -0.15) is 0 Å². The number of amides is 1. The Hall–Kier alpha value is -2.13. The van der Waals surface area contributed by atoms with Gasteiger partial charge in [-0.1, -0.05) is 0 Å². The molecule has 0 radical (unpaired) electrons. The zero-order valence-corrected chi connectivity index (χ0v) is 15.5. The number of ether oxygens (including phenoxy) is 4. The molecule has 0 aromatic heterocycles. The number of nitrogens with two attached hydrogens (primary N) is 1. The van der Waals surface area contributed by atoms with E-state index in [1.165, 1.54) is 18.9 Å². The second kappa shape index (κ2) is 8.50. The van der Waals surface area contributed by atoms with E-state index < -0.39 is 24.5 Å². The van der Waals surface area contributed by atoms with E-state index >= 15 is 0 Å². The molecule has 1 amide bonds. The second-order valence-electron chi connectivity index (χ2n) is 6.59. The van der Waals surface area contributed by atoms with E-state index in [2.05, 4.69) is 0 Å². The van der Waals surface area contributed by atoms with Crippen molar-refractivity contribution in [2.45, 2.75) is 64.5 Å². The number of carbonyl (C=O) groups excluding carboxylic acids is 3. The van der Waals surface area contributed by atoms with Crippen LogP contribution in [0.1, 0.15) is 40.0 Å². The third kappa shape index (κ3) is 4.34. The molecule has 0 aliphatic carbocycles. The van der Waals surface area contributed by atoms with Crippen molar-refractivity contribution in [2.75, 3.05) is 13.7 Å². The summed E-state index contributed by atoms with van der Waals surface area (Å²) in [6, 6.07) is -0.851. The van der Waals surface area contributed by atoms with Crippen LogP contribution in [0.4, 0.5) is 4.79 Å². The fourth-order valence-electron chi connectivity index (χ4n) is 3.11. The van der Waals surface area contributed by atoms with Gasteiger partial charge >= 0.3 is 12.1 Å². The lowest BCUT2D eigenvalue weighted by atomic mass is 9.92. The zero-order valence-electron chi connectivity index (χ0n) is 15.5. The Balaban J connectivity index is 2.14. The Labute approximate surface area is 152 Å². The predicted octanol–water partition coefficient (Wildman–Crippen LogP) is 1.06. The highest BCUT2D eigenvalue weighted by Gasteiger charge is 2.50. The summed E-state index contributed by atoms with van der Waals surface area (Å²) in [7, 11) is 1.51. The molecule has 0 aromatic carbocycles. The minimum absolute atomic E-state index is 0.133. The Kier molecular flexibility index (Phi) is 6.60. The van der Waals surface area contributed by atoms with Crippen LogP contribution in [0.2, 0.25) is 0 Å². The molecule has 9 nitrogen and oxygen atoms in total. The maximum Gasteiger partial charge on any atom is 0.511 e. The Bertz CT molecular complexity index is 602. The number of methoxy groups -OCH3 is 1. The van der Waals surface area contributed by atoms with Crippen molar-refractivity contribution in [1.82, 2.24) is 4.90 Å². The molecule has 0 aromatic rings. The number of β-lactam (4-membered cyclic amide) rings is 1. The average molecular weight is 370 g/mol. The van der Waals surface area contributed by atoms with Crippen LogP contribution in [-0.4, -0.2) is 61.1 Å². The SMILES string of the molecule is COCC1=C(C(=O)OC(C)OC(=O)OC(C)C)N2C(=O)[C@@H](N)[C@H]2CCC1. The van der Waals surface area contributed by atoms with Crippen LogP contribution < -0.4 is 5.73 Å². The third-order valence-electron chi connectivity index (χ3n) is 4.20. The molecule has 2 aliphatic rings. The Morgan fingerprint density at radius 2 is 1.92 bits per heavy atom. The van der Waals surface area contributed by atoms with Crippen LogP contribution in [0.15, 0.2) is 11.3 Å². The maximum atomic E-state index is 12.7. The lowest BCUT2D eigenvalue weighted by Gasteiger charge is -2.45. The molecule has 1 fully saturated rings. The molecule has 26 heavy (non-hydrogen) atoms. The van der Waals surface area contributed by atoms with Crippen LogP contribution in [0.3, 0.4) is 0 Å². The molecule has 2 heterocycles. The minimum Gasteiger partial charge on any atom is -0.431 e. The van der Waals surface area contributed by atoms with Crippen LogP contribution in [-0.2, 0) is 28.5 Å². The summed E-state index contributed by atoms with van der Waals surface area (Å²) < 4.78 is 20.1. The normalized spacial score (nSPS) is 23.8. The summed E-state index contributed by atoms with van der Waals surface area (Å²) in [5, 5.41) is 0. The smallest absolute Gasteiger partial charge is 0.431 e. The number of esters is 1. The number of nitrogens with zero attached hydrogens (tertiary/aromatic N) is 1. The first kappa shape index (κ1) is 20.2. The van der Waals surface area contributed by atoms with Crippen LogP contribution >= 0.6 is 0 Å². The molecule has 2 N–H and O–H groups in total. The van der Waals surface area contributed by atoms with Gasteiger partial charge in [0.25, 0.3) is 0 Å². The lowest BCUT2D eigenvalue weighted by molar-refractivity contribution is -0.170. The van der Waals surface area contributed by atoms with E-state index in [4.69, 9.17) is 24.7 Å². The highest BCUT2D eigenvalue weighted by atomic mass is 16.8. The van der Waals surface area contributed by atoms with E-state index in [1.807, 2.05) is 0 Å². The molecule has 2 rings (SSSR count). The minimum atomic E-state index is -1.17. The van der Waals surface area contributed by atoms with E-state index in [9.17, 15) is 14.4 Å². The van der Waals surface area contributed by atoms with Gasteiger partial charge in [0.2, 0.25) is 12.2 Å². The standard InChI is InChI=1S/C17H26N2O7/c1-9(2)24-17(22)26-10(3)25-16(21)14-11(8-23-4)6-5-7-12-13(18)15(20)19(12)14/h9-10,12-13H,5-8,18H2,1-4H3/t10?,12-,13+/m1/s1. The van der Waals surface area contributed by atoms with Crippen molar-refractivity contribution < 1.29 is 33.3 Å². The molecule has 9 heteroatoms. The number of hydrogen-bond donors (Lipinski definition) is 1. The van der Waals surface area contributed by atoms with Gasteiger partial charge in [-0.3, -0.25) is 9.69 Å². The van der Waals surface area contributed by atoms with E-state index in [-0.39, 0.29) is 30.4 Å². The fourth-order valence-corrected chi connectivity index (χ4v) is 3.11. The monoisotopic (exact) mass is 370 g/mol. The fraction of sp³-hybridized carbons (Fsp3) is 0.706. The van der Waals surface area contributed by atoms with Crippen molar-refractivity contribution in [3.8, 4) is 0 Å². The third-order valence-corrected chi connectivity index (χ3v) is 4.20. The molecule has 0 bridgehead atoms. The number of carbonyl (C=O) groups is 3. The van der Waals surface area contributed by atoms with Gasteiger partial charge in [-0.15, -0.1) is 0 Å². The maximum absolute atomic E-state index is 12.7. The van der Waals surface area contributed by atoms with Gasteiger partial charge < -0.3 is 24.7 Å². The number of hydrogen-bond acceptors (Lipinski definition) is 8. The van der Waals surface area contributed by atoms with Gasteiger partial charge in [-0.05, 0) is 38.7 Å². The summed E-state index contributed by atoms with van der Waals surface area (Å²) >= 11 is 0. The van der Waals surface area contributed by atoms with E-state index in [1.54, 1.807) is 13.8 Å². The molecule has 3 atom stereocenters. The largest absolute Gasteiger partial charge is 0.511 e. The number of rotatable bonds is 6. The van der Waals surface area contributed by atoms with Gasteiger partial charge in [0.15, 0.2) is 0 Å². The summed E-state index contributed by atoms with van der Waals surface area (Å²) in [6.07, 6.45) is -0.391. The molecular weight excluding hydrogens is 344 g/mol. The van der Waals surface area contributed by atoms with Crippen molar-refractivity contribution >= 4 is 18.0 Å². The van der Waals surface area contributed by atoms with Gasteiger partial charge in [0, 0.05) is 14.0 Å². The van der Waals surface area contributed by atoms with Crippen LogP contribution in [0, 0.1) is 0 Å². The second-order valence-corrected chi connectivity index (χ2v) is 6.59. The zero-order chi connectivity index (χ0) is 19.4. The topological polar surface area (TPSA) is 117 Å². The van der Waals surface area contributed by atoms with Crippen molar-refractivity contribution in [3.63, 3.8) is 0 Å². The Morgan fingerprint density at radius 1 is 1.23 bits per heavy atom. The molecule has 0 spiro atoms. The van der Waals surface area contributed by atoms with E-state index in [0.717, 1.165) is 6.42 Å². The molecule has 0 saturated carbocycles. The van der Waals surface area contributed by atoms with E-state index in [0.29, 0.717) is 18.4 Å². The van der Waals surface area contributed by atoms with Crippen LogP contribution in [0.25, 0.3) is 0 Å². The highest BCUT2D eigenvalue weighted by Crippen LogP contribution is 2.35. The summed E-state index contributed by atoms with van der Waals surface area (Å²) in [6.45, 7) is 4.93. The summed E-state index contributed by atoms with van der Waals surface area (Å²) in [5.41, 5.74) is 6.66. The average Bonchev–Trinajstić information content (AvgIpc) is 2.71. The highest BCUT2D eigenvalue weighted by molar-refractivity contribution is 6.00. The molecule has 1 saturated heterocycles. The predicted molar refractivity (Wildman–Crippen MR) is 89.6 cm³/mol. The molecule has 1 unspecified atom stereocenters. The van der Waals surface area contributed by atoms with Crippen molar-refractivity contribution in [2.24, 2.45) is 5.73 Å². The first-order valence-electron chi connectivity index (χ1n) is 8.64. The van der Waals surface area contributed by atoms with Crippen LogP contribution in [0.5, 0.6) is 0 Å². The van der Waals surface area contributed by atoms with Gasteiger partial charge in [0.05, 0.1) is 18.8 Å². The summed E-state index contributed by atoms with van der Waals surface area (Å²) in [5.74, 6) is -1.08. The summed E-state index contributed by atoms with van der Waals surface area (Å²) in [4.78, 5) is 37.8. The van der Waals surface area contributed by atoms with Gasteiger partial charge in [0.1, 0.15) is 11.7 Å².